The number of methoxy groups -OCH3 is 1. The lowest BCUT2D eigenvalue weighted by Crippen LogP contribution is -2.51. The molecule has 2 aromatic carbocycles. The van der Waals surface area contributed by atoms with Crippen molar-refractivity contribution in [2.75, 3.05) is 44.7 Å². The Labute approximate surface area is 194 Å². The summed E-state index contributed by atoms with van der Waals surface area (Å²) >= 11 is 0. The van der Waals surface area contributed by atoms with Gasteiger partial charge in [-0.15, -0.1) is 0 Å². The third-order valence-corrected chi connectivity index (χ3v) is 7.22. The number of rotatable bonds is 6. The summed E-state index contributed by atoms with van der Waals surface area (Å²) in [7, 11) is 1.65. The van der Waals surface area contributed by atoms with Gasteiger partial charge in [0.2, 0.25) is 0 Å². The molecular weight excluding hydrogens is 429 g/mol. The summed E-state index contributed by atoms with van der Waals surface area (Å²) in [4.78, 5) is 4.35. The molecule has 0 aromatic heterocycles. The molecule has 0 amide bonds. The number of ether oxygens (including phenoxy) is 1. The first-order valence-corrected chi connectivity index (χ1v) is 11.8. The maximum absolute atomic E-state index is 13.1. The minimum atomic E-state index is -4.34. The van der Waals surface area contributed by atoms with Crippen LogP contribution in [0.4, 0.5) is 18.9 Å². The molecule has 1 saturated heterocycles. The van der Waals surface area contributed by atoms with Gasteiger partial charge in [-0.05, 0) is 48.7 Å². The van der Waals surface area contributed by atoms with Gasteiger partial charge in [0.25, 0.3) is 0 Å². The van der Waals surface area contributed by atoms with Crippen molar-refractivity contribution in [3.63, 3.8) is 0 Å². The van der Waals surface area contributed by atoms with Gasteiger partial charge in [-0.3, -0.25) is 4.90 Å². The molecule has 1 heterocycles. The van der Waals surface area contributed by atoms with Crippen LogP contribution in [0.25, 0.3) is 0 Å². The lowest BCUT2D eigenvalue weighted by atomic mass is 9.72. The van der Waals surface area contributed by atoms with Crippen molar-refractivity contribution in [2.45, 2.75) is 49.8 Å². The van der Waals surface area contributed by atoms with Crippen LogP contribution in [0.2, 0.25) is 0 Å². The van der Waals surface area contributed by atoms with Crippen molar-refractivity contribution >= 4 is 5.69 Å². The topological polar surface area (TPSA) is 35.9 Å². The molecule has 2 aliphatic rings. The number of hydrogen-bond donors (Lipinski definition) is 1. The van der Waals surface area contributed by atoms with E-state index >= 15 is 0 Å². The van der Waals surface area contributed by atoms with E-state index in [1.54, 1.807) is 13.2 Å². The first-order chi connectivity index (χ1) is 15.8. The van der Waals surface area contributed by atoms with E-state index in [-0.39, 0.29) is 5.92 Å². The fraction of sp³-hybridized carbons (Fsp3) is 0.538. The van der Waals surface area contributed by atoms with Crippen molar-refractivity contribution in [1.82, 2.24) is 4.90 Å². The number of aliphatic hydroxyl groups is 1. The normalized spacial score (nSPS) is 20.5. The molecule has 1 aliphatic heterocycles. The Morgan fingerprint density at radius 3 is 2.33 bits per heavy atom. The lowest BCUT2D eigenvalue weighted by molar-refractivity contribution is -0.137. The molecule has 4 nitrogen and oxygen atoms in total. The van der Waals surface area contributed by atoms with Crippen LogP contribution >= 0.6 is 0 Å². The molecule has 1 aliphatic carbocycles. The zero-order valence-corrected chi connectivity index (χ0v) is 19.2. The number of piperazine rings is 1. The lowest BCUT2D eigenvalue weighted by Gasteiger charge is -2.44. The number of hydrogen-bond acceptors (Lipinski definition) is 4. The van der Waals surface area contributed by atoms with E-state index in [0.717, 1.165) is 69.1 Å². The van der Waals surface area contributed by atoms with Crippen LogP contribution in [0.5, 0.6) is 5.75 Å². The maximum Gasteiger partial charge on any atom is 0.416 e. The molecule has 2 aromatic rings. The van der Waals surface area contributed by atoms with Crippen LogP contribution in [-0.4, -0.2) is 55.4 Å². The highest BCUT2D eigenvalue weighted by molar-refractivity contribution is 5.49. The molecule has 0 bridgehead atoms. The van der Waals surface area contributed by atoms with E-state index in [1.165, 1.54) is 12.1 Å². The van der Waals surface area contributed by atoms with Crippen LogP contribution < -0.4 is 9.64 Å². The maximum atomic E-state index is 13.1. The minimum absolute atomic E-state index is 0.0343. The van der Waals surface area contributed by atoms with Gasteiger partial charge >= 0.3 is 6.18 Å². The van der Waals surface area contributed by atoms with Crippen LogP contribution in [0.15, 0.2) is 48.5 Å². The van der Waals surface area contributed by atoms with E-state index in [2.05, 4.69) is 11.0 Å². The number of alkyl halides is 3. The Kier molecular flexibility index (Phi) is 7.19. The van der Waals surface area contributed by atoms with Gasteiger partial charge in [0.1, 0.15) is 5.75 Å². The molecule has 180 valence electrons. The SMILES string of the molecule is COc1cccc(C(CN2CCN(c3cccc(C(F)(F)F)c3)CC2)C2(O)CCCCC2)c1. The quantitative estimate of drug-likeness (QED) is 0.631. The molecule has 1 saturated carbocycles. The van der Waals surface area contributed by atoms with Gasteiger partial charge in [0.05, 0.1) is 18.3 Å². The molecule has 4 rings (SSSR count). The van der Waals surface area contributed by atoms with Crippen LogP contribution in [0.1, 0.15) is 49.1 Å². The van der Waals surface area contributed by atoms with Crippen LogP contribution in [0, 0.1) is 0 Å². The predicted octanol–water partition coefficient (Wildman–Crippen LogP) is 5.32. The van der Waals surface area contributed by atoms with Crippen molar-refractivity contribution in [1.29, 1.82) is 0 Å². The smallest absolute Gasteiger partial charge is 0.416 e. The Balaban J connectivity index is 1.47. The van der Waals surface area contributed by atoms with Gasteiger partial charge in [-0.2, -0.15) is 13.2 Å². The molecule has 0 radical (unpaired) electrons. The third kappa shape index (κ3) is 5.64. The van der Waals surface area contributed by atoms with E-state index in [0.29, 0.717) is 18.8 Å². The van der Waals surface area contributed by atoms with Crippen molar-refractivity contribution in [3.05, 3.63) is 59.7 Å². The van der Waals surface area contributed by atoms with Gasteiger partial charge < -0.3 is 14.7 Å². The predicted molar refractivity (Wildman–Crippen MR) is 124 cm³/mol. The first kappa shape index (κ1) is 23.9. The monoisotopic (exact) mass is 462 g/mol. The Bertz CT molecular complexity index is 920. The fourth-order valence-corrected chi connectivity index (χ4v) is 5.28. The Hall–Kier alpha value is -2.25. The summed E-state index contributed by atoms with van der Waals surface area (Å²) in [5.41, 5.74) is 0.335. The van der Waals surface area contributed by atoms with Gasteiger partial charge in [0.15, 0.2) is 0 Å². The molecule has 2 fully saturated rings. The molecule has 0 spiro atoms. The average molecular weight is 463 g/mol. The largest absolute Gasteiger partial charge is 0.497 e. The summed E-state index contributed by atoms with van der Waals surface area (Å²) in [6.07, 6.45) is 0.457. The molecule has 33 heavy (non-hydrogen) atoms. The van der Waals surface area contributed by atoms with Crippen molar-refractivity contribution < 1.29 is 23.0 Å². The minimum Gasteiger partial charge on any atom is -0.497 e. The molecule has 7 heteroatoms. The summed E-state index contributed by atoms with van der Waals surface area (Å²) in [5, 5.41) is 11.6. The van der Waals surface area contributed by atoms with Gasteiger partial charge in [-0.25, -0.2) is 0 Å². The number of anilines is 1. The fourth-order valence-electron chi connectivity index (χ4n) is 5.28. The van der Waals surface area contributed by atoms with Gasteiger partial charge in [0, 0.05) is 44.3 Å². The molecule has 1 unspecified atom stereocenters. The summed E-state index contributed by atoms with van der Waals surface area (Å²) in [5.74, 6) is 0.749. The Morgan fingerprint density at radius 2 is 1.67 bits per heavy atom. The zero-order chi connectivity index (χ0) is 23.5. The van der Waals surface area contributed by atoms with E-state index < -0.39 is 17.3 Å². The number of benzene rings is 2. The van der Waals surface area contributed by atoms with Gasteiger partial charge in [-0.1, -0.05) is 37.5 Å². The van der Waals surface area contributed by atoms with Crippen LogP contribution in [-0.2, 0) is 6.18 Å². The summed E-state index contributed by atoms with van der Waals surface area (Å²) in [6, 6.07) is 13.5. The molecular formula is C26H33F3N2O2. The average Bonchev–Trinajstić information content (AvgIpc) is 2.83. The highest BCUT2D eigenvalue weighted by atomic mass is 19.4. The second kappa shape index (κ2) is 9.94. The Morgan fingerprint density at radius 1 is 0.970 bits per heavy atom. The van der Waals surface area contributed by atoms with Crippen LogP contribution in [0.3, 0.4) is 0 Å². The second-order valence-corrected chi connectivity index (χ2v) is 9.33. The third-order valence-electron chi connectivity index (χ3n) is 7.22. The molecule has 1 N–H and O–H groups in total. The highest BCUT2D eigenvalue weighted by Gasteiger charge is 2.40. The van der Waals surface area contributed by atoms with Crippen molar-refractivity contribution in [3.8, 4) is 5.75 Å². The number of halogens is 3. The standard InChI is InChI=1S/C26H33F3N2O2/c1-33-23-10-5-7-20(17-23)24(25(32)11-3-2-4-12-25)19-30-13-15-31(16-14-30)22-9-6-8-21(18-22)26(27,28)29/h5-10,17-18,24,32H,2-4,11-16,19H2,1H3. The van der Waals surface area contributed by atoms with E-state index in [9.17, 15) is 18.3 Å². The number of nitrogens with zero attached hydrogens (tertiary/aromatic N) is 2. The second-order valence-electron chi connectivity index (χ2n) is 9.33. The van der Waals surface area contributed by atoms with E-state index in [1.807, 2.05) is 23.1 Å². The highest BCUT2D eigenvalue weighted by Crippen LogP contribution is 2.41. The summed E-state index contributed by atoms with van der Waals surface area (Å²) in [6.45, 7) is 3.52. The van der Waals surface area contributed by atoms with E-state index in [4.69, 9.17) is 4.74 Å². The molecule has 1 atom stereocenters. The summed E-state index contributed by atoms with van der Waals surface area (Å²) < 4.78 is 44.8. The first-order valence-electron chi connectivity index (χ1n) is 11.8. The zero-order valence-electron chi connectivity index (χ0n) is 19.2. The van der Waals surface area contributed by atoms with Crippen molar-refractivity contribution in [2.24, 2.45) is 0 Å².